The maximum Gasteiger partial charge on any atom is 0.141 e. The van der Waals surface area contributed by atoms with Crippen LogP contribution in [0.4, 0.5) is 4.39 Å². The molecule has 0 bridgehead atoms. The van der Waals surface area contributed by atoms with Crippen LogP contribution in [0.5, 0.6) is 5.75 Å². The van der Waals surface area contributed by atoms with Gasteiger partial charge in [-0.05, 0) is 61.7 Å². The molecule has 0 spiro atoms. The number of ether oxygens (including phenoxy) is 1. The largest absolute Gasteiger partial charge is 0.486 e. The van der Waals surface area contributed by atoms with Crippen molar-refractivity contribution < 1.29 is 9.13 Å². The minimum Gasteiger partial charge on any atom is -0.486 e. The fourth-order valence-electron chi connectivity index (χ4n) is 1.67. The summed E-state index contributed by atoms with van der Waals surface area (Å²) >= 11 is 3.14. The molecule has 1 N–H and O–H groups in total. The summed E-state index contributed by atoms with van der Waals surface area (Å²) in [6.07, 6.45) is 2.04. The van der Waals surface area contributed by atoms with Gasteiger partial charge in [0.2, 0.25) is 0 Å². The van der Waals surface area contributed by atoms with Crippen LogP contribution in [-0.2, 0) is 0 Å². The Kier molecular flexibility index (Phi) is 3.70. The quantitative estimate of drug-likeness (QED) is 0.910. The maximum atomic E-state index is 13.4. The van der Waals surface area contributed by atoms with Gasteiger partial charge in [0, 0.05) is 18.2 Å². The van der Waals surface area contributed by atoms with Crippen LogP contribution in [-0.4, -0.2) is 17.7 Å². The first kappa shape index (κ1) is 13.8. The summed E-state index contributed by atoms with van der Waals surface area (Å²) in [5, 5.41) is 3.44. The Bertz CT molecular complexity index is 438. The minimum absolute atomic E-state index is 0.0733. The van der Waals surface area contributed by atoms with Gasteiger partial charge in [0.1, 0.15) is 17.2 Å². The number of hydrogen-bond acceptors (Lipinski definition) is 2. The van der Waals surface area contributed by atoms with E-state index in [2.05, 4.69) is 42.0 Å². The monoisotopic (exact) mass is 315 g/mol. The van der Waals surface area contributed by atoms with Crippen molar-refractivity contribution in [3.63, 3.8) is 0 Å². The van der Waals surface area contributed by atoms with Crippen molar-refractivity contribution in [3.8, 4) is 5.75 Å². The fourth-order valence-corrected chi connectivity index (χ4v) is 1.92. The second kappa shape index (κ2) is 4.82. The molecule has 1 aromatic rings. The maximum absolute atomic E-state index is 13.4. The predicted molar refractivity (Wildman–Crippen MR) is 74.4 cm³/mol. The zero-order valence-corrected chi connectivity index (χ0v) is 12.6. The van der Waals surface area contributed by atoms with Gasteiger partial charge in [0.25, 0.3) is 0 Å². The highest BCUT2D eigenvalue weighted by Gasteiger charge is 2.45. The van der Waals surface area contributed by atoms with E-state index in [4.69, 9.17) is 4.74 Å². The van der Waals surface area contributed by atoms with Gasteiger partial charge in [-0.25, -0.2) is 4.39 Å². The summed E-state index contributed by atoms with van der Waals surface area (Å²) in [5.41, 5.74) is -0.0720. The topological polar surface area (TPSA) is 21.3 Å². The standard InChI is InChI=1S/C14H19BrFNO/c1-13(2,3)17-9-14(6-7-14)18-10-4-5-11(15)12(16)8-10/h4-5,8,17H,6-7,9H2,1-3H3. The first-order chi connectivity index (χ1) is 8.30. The molecule has 2 nitrogen and oxygen atoms in total. The molecule has 0 unspecified atom stereocenters. The van der Waals surface area contributed by atoms with E-state index in [1.807, 2.05) is 0 Å². The van der Waals surface area contributed by atoms with Gasteiger partial charge in [-0.3, -0.25) is 0 Å². The first-order valence-electron chi connectivity index (χ1n) is 6.19. The molecule has 1 aliphatic rings. The van der Waals surface area contributed by atoms with Gasteiger partial charge >= 0.3 is 0 Å². The van der Waals surface area contributed by atoms with Crippen molar-refractivity contribution in [1.29, 1.82) is 0 Å². The van der Waals surface area contributed by atoms with Crippen molar-refractivity contribution in [2.75, 3.05) is 6.54 Å². The Morgan fingerprint density at radius 1 is 1.39 bits per heavy atom. The van der Waals surface area contributed by atoms with Crippen molar-refractivity contribution in [2.24, 2.45) is 0 Å². The number of nitrogens with one attached hydrogen (secondary N) is 1. The van der Waals surface area contributed by atoms with Crippen LogP contribution in [0.1, 0.15) is 33.6 Å². The SMILES string of the molecule is CC(C)(C)NCC1(Oc2ccc(Br)c(F)c2)CC1. The number of benzene rings is 1. The van der Waals surface area contributed by atoms with Crippen molar-refractivity contribution in [2.45, 2.75) is 44.8 Å². The smallest absolute Gasteiger partial charge is 0.141 e. The molecule has 1 aromatic carbocycles. The van der Waals surface area contributed by atoms with Crippen molar-refractivity contribution in [1.82, 2.24) is 5.32 Å². The third kappa shape index (κ3) is 3.69. The lowest BCUT2D eigenvalue weighted by molar-refractivity contribution is 0.163. The lowest BCUT2D eigenvalue weighted by Crippen LogP contribution is -2.43. The molecule has 1 fully saturated rings. The van der Waals surface area contributed by atoms with Crippen molar-refractivity contribution >= 4 is 15.9 Å². The third-order valence-electron chi connectivity index (χ3n) is 2.97. The van der Waals surface area contributed by atoms with Crippen LogP contribution in [0.25, 0.3) is 0 Å². The normalized spacial score (nSPS) is 17.6. The highest BCUT2D eigenvalue weighted by molar-refractivity contribution is 9.10. The summed E-state index contributed by atoms with van der Waals surface area (Å²) in [5.74, 6) is 0.316. The molecule has 4 heteroatoms. The zero-order chi connectivity index (χ0) is 13.4. The summed E-state index contributed by atoms with van der Waals surface area (Å²) in [6.45, 7) is 7.18. The van der Waals surface area contributed by atoms with Crippen molar-refractivity contribution in [3.05, 3.63) is 28.5 Å². The zero-order valence-electron chi connectivity index (χ0n) is 11.0. The summed E-state index contributed by atoms with van der Waals surface area (Å²) in [6, 6.07) is 4.91. The van der Waals surface area contributed by atoms with E-state index in [0.29, 0.717) is 10.2 Å². The second-order valence-corrected chi connectivity index (χ2v) is 6.82. The highest BCUT2D eigenvalue weighted by Crippen LogP contribution is 2.40. The lowest BCUT2D eigenvalue weighted by Gasteiger charge is -2.26. The number of rotatable bonds is 4. The first-order valence-corrected chi connectivity index (χ1v) is 6.98. The van der Waals surface area contributed by atoms with Gasteiger partial charge in [0.05, 0.1) is 4.47 Å². The lowest BCUT2D eigenvalue weighted by atomic mass is 10.1. The Morgan fingerprint density at radius 3 is 2.56 bits per heavy atom. The molecule has 1 saturated carbocycles. The number of halogens is 2. The van der Waals surface area contributed by atoms with Gasteiger partial charge in [-0.15, -0.1) is 0 Å². The van der Waals surface area contributed by atoms with Crippen LogP contribution in [0.2, 0.25) is 0 Å². The fraction of sp³-hybridized carbons (Fsp3) is 0.571. The van der Waals surface area contributed by atoms with Crippen LogP contribution in [0, 0.1) is 5.82 Å². The van der Waals surface area contributed by atoms with Crippen LogP contribution in [0.3, 0.4) is 0 Å². The molecule has 1 aliphatic carbocycles. The molecule has 0 aromatic heterocycles. The van der Waals surface area contributed by atoms with E-state index >= 15 is 0 Å². The minimum atomic E-state index is -0.285. The van der Waals surface area contributed by atoms with E-state index in [0.717, 1.165) is 19.4 Å². The molecule has 2 rings (SSSR count). The van der Waals surface area contributed by atoms with Gasteiger partial charge in [0.15, 0.2) is 0 Å². The Balaban J connectivity index is 1.98. The van der Waals surface area contributed by atoms with Crippen LogP contribution >= 0.6 is 15.9 Å². The van der Waals surface area contributed by atoms with Crippen LogP contribution < -0.4 is 10.1 Å². The molecule has 18 heavy (non-hydrogen) atoms. The van der Waals surface area contributed by atoms with Crippen LogP contribution in [0.15, 0.2) is 22.7 Å². The third-order valence-corrected chi connectivity index (χ3v) is 3.62. The molecule has 0 saturated heterocycles. The van der Waals surface area contributed by atoms with E-state index < -0.39 is 0 Å². The molecule has 0 aliphatic heterocycles. The Labute approximate surface area is 116 Å². The molecule has 0 amide bonds. The predicted octanol–water partition coefficient (Wildman–Crippen LogP) is 3.89. The van der Waals surface area contributed by atoms with E-state index in [1.165, 1.54) is 6.07 Å². The van der Waals surface area contributed by atoms with E-state index in [-0.39, 0.29) is 17.0 Å². The molecule has 0 radical (unpaired) electrons. The van der Waals surface area contributed by atoms with E-state index in [1.54, 1.807) is 12.1 Å². The molecular weight excluding hydrogens is 297 g/mol. The van der Waals surface area contributed by atoms with Gasteiger partial charge in [-0.2, -0.15) is 0 Å². The average Bonchev–Trinajstić information content (AvgIpc) is 3.01. The molecule has 0 heterocycles. The Morgan fingerprint density at radius 2 is 2.06 bits per heavy atom. The van der Waals surface area contributed by atoms with E-state index in [9.17, 15) is 4.39 Å². The second-order valence-electron chi connectivity index (χ2n) is 5.96. The summed E-state index contributed by atoms with van der Waals surface area (Å²) < 4.78 is 19.8. The summed E-state index contributed by atoms with van der Waals surface area (Å²) in [7, 11) is 0. The highest BCUT2D eigenvalue weighted by atomic mass is 79.9. The average molecular weight is 316 g/mol. The molecule has 0 atom stereocenters. The molecular formula is C14H19BrFNO. The summed E-state index contributed by atoms with van der Waals surface area (Å²) in [4.78, 5) is 0. The Hall–Kier alpha value is -0.610. The van der Waals surface area contributed by atoms with Gasteiger partial charge in [-0.1, -0.05) is 0 Å². The molecule has 100 valence electrons. The van der Waals surface area contributed by atoms with Gasteiger partial charge < -0.3 is 10.1 Å². The number of hydrogen-bond donors (Lipinski definition) is 1.